The Kier molecular flexibility index (Phi) is 7.49. The third-order valence-corrected chi connectivity index (χ3v) is 7.31. The van der Waals surface area contributed by atoms with Crippen LogP contribution in [0.4, 0.5) is 0 Å². The lowest BCUT2D eigenvalue weighted by Gasteiger charge is -2.29. The molecule has 2 saturated heterocycles. The summed E-state index contributed by atoms with van der Waals surface area (Å²) in [4.78, 5) is 35.4. The number of ether oxygens (including phenoxy) is 2. The van der Waals surface area contributed by atoms with Crippen LogP contribution in [0.2, 0.25) is 0 Å². The van der Waals surface area contributed by atoms with Gasteiger partial charge >= 0.3 is 0 Å². The second kappa shape index (κ2) is 11.0. The van der Waals surface area contributed by atoms with E-state index in [0.29, 0.717) is 61.1 Å². The molecule has 3 aromatic rings. The number of aliphatic hydroxyl groups excluding tert-OH is 1. The molecule has 0 saturated carbocycles. The average Bonchev–Trinajstić information content (AvgIpc) is 3.39. The minimum absolute atomic E-state index is 0.0548. The van der Waals surface area contributed by atoms with E-state index >= 15 is 0 Å². The van der Waals surface area contributed by atoms with E-state index in [-0.39, 0.29) is 11.3 Å². The summed E-state index contributed by atoms with van der Waals surface area (Å²) in [6.45, 7) is 10.5. The second-order valence-electron chi connectivity index (χ2n) is 9.74. The van der Waals surface area contributed by atoms with Gasteiger partial charge in [0, 0.05) is 32.4 Å². The molecule has 2 aliphatic heterocycles. The van der Waals surface area contributed by atoms with Crippen LogP contribution in [0.3, 0.4) is 0 Å². The van der Waals surface area contributed by atoms with Crippen LogP contribution < -0.4 is 4.74 Å². The van der Waals surface area contributed by atoms with Crippen molar-refractivity contribution < 1.29 is 24.2 Å². The van der Waals surface area contributed by atoms with E-state index in [0.717, 1.165) is 25.2 Å². The summed E-state index contributed by atoms with van der Waals surface area (Å²) >= 11 is 0. The van der Waals surface area contributed by atoms with Crippen LogP contribution in [-0.2, 0) is 14.3 Å². The van der Waals surface area contributed by atoms with Crippen molar-refractivity contribution in [3.05, 3.63) is 70.7 Å². The van der Waals surface area contributed by atoms with Gasteiger partial charge in [0.15, 0.2) is 5.76 Å². The number of fused-ring (bicyclic) bond motifs is 1. The van der Waals surface area contributed by atoms with E-state index < -0.39 is 17.7 Å². The Morgan fingerprint density at radius 1 is 1.13 bits per heavy atom. The van der Waals surface area contributed by atoms with Crippen molar-refractivity contribution in [2.75, 3.05) is 46.0 Å². The minimum Gasteiger partial charge on any atom is -0.505 e. The lowest BCUT2D eigenvalue weighted by Crippen LogP contribution is -2.38. The predicted molar refractivity (Wildman–Crippen MR) is 143 cm³/mol. The number of likely N-dealkylation sites (tertiary alicyclic amines) is 1. The summed E-state index contributed by atoms with van der Waals surface area (Å²) in [5.41, 5.74) is 3.40. The number of pyridine rings is 1. The SMILES string of the molecule is CCOc1cccc(C2/C(=C(\O)c3nc4c(C)cccn4c3C)C(=O)C(=O)N2CCCN2CCOCC2)c1. The first kappa shape index (κ1) is 25.9. The fraction of sp³-hybridized carbons (Fsp3) is 0.414. The van der Waals surface area contributed by atoms with Crippen LogP contribution >= 0.6 is 0 Å². The van der Waals surface area contributed by atoms with Gasteiger partial charge in [-0.1, -0.05) is 18.2 Å². The van der Waals surface area contributed by atoms with E-state index in [1.165, 1.54) is 0 Å². The number of benzene rings is 1. The topological polar surface area (TPSA) is 96.6 Å². The fourth-order valence-electron chi connectivity index (χ4n) is 5.36. The summed E-state index contributed by atoms with van der Waals surface area (Å²) < 4.78 is 13.0. The number of carbonyl (C=O) groups excluding carboxylic acids is 2. The number of Topliss-reactive ketones (excluding diaryl/α,β-unsaturated/α-hetero) is 1. The Balaban J connectivity index is 1.56. The van der Waals surface area contributed by atoms with E-state index in [1.54, 1.807) is 4.90 Å². The molecule has 0 aliphatic carbocycles. The summed E-state index contributed by atoms with van der Waals surface area (Å²) in [6.07, 6.45) is 2.57. The monoisotopic (exact) mass is 518 g/mol. The molecule has 2 fully saturated rings. The summed E-state index contributed by atoms with van der Waals surface area (Å²) in [5.74, 6) is -0.929. The van der Waals surface area contributed by atoms with Gasteiger partial charge in [-0.05, 0) is 56.5 Å². The molecule has 5 rings (SSSR count). The number of imidazole rings is 1. The molecule has 200 valence electrons. The molecule has 2 aromatic heterocycles. The molecule has 1 aromatic carbocycles. The van der Waals surface area contributed by atoms with E-state index in [4.69, 9.17) is 9.47 Å². The van der Waals surface area contributed by atoms with Gasteiger partial charge in [0.2, 0.25) is 0 Å². The van der Waals surface area contributed by atoms with Gasteiger partial charge in [0.25, 0.3) is 11.7 Å². The lowest BCUT2D eigenvalue weighted by atomic mass is 9.96. The standard InChI is InChI=1S/C29H34N4O5/c1-4-38-22-10-5-9-21(18-22)25-23(26(34)24-20(3)32-12-6-8-19(2)28(32)30-24)27(35)29(36)33(25)13-7-11-31-14-16-37-17-15-31/h5-6,8-10,12,18,25,34H,4,7,11,13-17H2,1-3H3/b26-23+. The summed E-state index contributed by atoms with van der Waals surface area (Å²) in [5, 5.41) is 11.6. The van der Waals surface area contributed by atoms with Gasteiger partial charge in [-0.3, -0.25) is 14.5 Å². The van der Waals surface area contributed by atoms with Gasteiger partial charge in [0.1, 0.15) is 17.1 Å². The van der Waals surface area contributed by atoms with Crippen LogP contribution in [-0.4, -0.2) is 82.0 Å². The van der Waals surface area contributed by atoms with Crippen molar-refractivity contribution in [1.29, 1.82) is 0 Å². The maximum absolute atomic E-state index is 13.5. The zero-order valence-corrected chi connectivity index (χ0v) is 22.1. The number of hydrogen-bond donors (Lipinski definition) is 1. The molecule has 9 nitrogen and oxygen atoms in total. The van der Waals surface area contributed by atoms with E-state index in [9.17, 15) is 14.7 Å². The van der Waals surface area contributed by atoms with Crippen molar-refractivity contribution in [3.63, 3.8) is 0 Å². The first-order valence-corrected chi connectivity index (χ1v) is 13.2. The Bertz CT molecular complexity index is 1390. The maximum Gasteiger partial charge on any atom is 0.295 e. The highest BCUT2D eigenvalue weighted by Gasteiger charge is 2.46. The van der Waals surface area contributed by atoms with Gasteiger partial charge in [-0.25, -0.2) is 4.98 Å². The van der Waals surface area contributed by atoms with E-state index in [2.05, 4.69) is 9.88 Å². The predicted octanol–water partition coefficient (Wildman–Crippen LogP) is 3.49. The zero-order chi connectivity index (χ0) is 26.8. The van der Waals surface area contributed by atoms with Crippen LogP contribution in [0.25, 0.3) is 11.4 Å². The molecular formula is C29H34N4O5. The fourth-order valence-corrected chi connectivity index (χ4v) is 5.36. The molecule has 0 radical (unpaired) electrons. The Hall–Kier alpha value is -3.69. The highest BCUT2D eigenvalue weighted by atomic mass is 16.5. The first-order valence-electron chi connectivity index (χ1n) is 13.2. The number of aryl methyl sites for hydroxylation is 2. The molecule has 38 heavy (non-hydrogen) atoms. The Labute approximate surface area is 222 Å². The van der Waals surface area contributed by atoms with Gasteiger partial charge in [0.05, 0.1) is 37.1 Å². The smallest absolute Gasteiger partial charge is 0.295 e. The van der Waals surface area contributed by atoms with Crippen molar-refractivity contribution in [2.45, 2.75) is 33.2 Å². The largest absolute Gasteiger partial charge is 0.505 e. The summed E-state index contributed by atoms with van der Waals surface area (Å²) in [6, 6.07) is 10.5. The molecule has 1 N–H and O–H groups in total. The first-order chi connectivity index (χ1) is 18.4. The molecule has 2 aliphatic rings. The zero-order valence-electron chi connectivity index (χ0n) is 22.1. The highest BCUT2D eigenvalue weighted by Crippen LogP contribution is 2.40. The number of hydrogen-bond acceptors (Lipinski definition) is 7. The van der Waals surface area contributed by atoms with Crippen molar-refractivity contribution in [3.8, 4) is 5.75 Å². The molecule has 1 unspecified atom stereocenters. The van der Waals surface area contributed by atoms with Crippen molar-refractivity contribution >= 4 is 23.1 Å². The summed E-state index contributed by atoms with van der Waals surface area (Å²) in [7, 11) is 0. The average molecular weight is 519 g/mol. The van der Waals surface area contributed by atoms with Gasteiger partial charge < -0.3 is 23.9 Å². The molecule has 0 spiro atoms. The maximum atomic E-state index is 13.5. The van der Waals surface area contributed by atoms with Crippen LogP contribution in [0, 0.1) is 13.8 Å². The third kappa shape index (κ3) is 4.79. The van der Waals surface area contributed by atoms with Gasteiger partial charge in [-0.15, -0.1) is 0 Å². The van der Waals surface area contributed by atoms with Crippen LogP contribution in [0.1, 0.15) is 41.9 Å². The number of morpholine rings is 1. The van der Waals surface area contributed by atoms with Gasteiger partial charge in [-0.2, -0.15) is 0 Å². The molecule has 4 heterocycles. The number of nitrogens with zero attached hydrogens (tertiary/aromatic N) is 4. The van der Waals surface area contributed by atoms with Crippen LogP contribution in [0.5, 0.6) is 5.75 Å². The molecule has 1 atom stereocenters. The number of amides is 1. The molecular weight excluding hydrogens is 484 g/mol. The van der Waals surface area contributed by atoms with Crippen molar-refractivity contribution in [1.82, 2.24) is 19.2 Å². The quantitative estimate of drug-likeness (QED) is 0.277. The highest BCUT2D eigenvalue weighted by molar-refractivity contribution is 6.46. The number of rotatable bonds is 8. The molecule has 0 bridgehead atoms. The third-order valence-electron chi connectivity index (χ3n) is 7.31. The normalized spacial score (nSPS) is 20.0. The number of aliphatic hydroxyl groups is 1. The number of carbonyl (C=O) groups is 2. The molecule has 1 amide bonds. The second-order valence-corrected chi connectivity index (χ2v) is 9.74. The minimum atomic E-state index is -0.745. The van der Waals surface area contributed by atoms with E-state index in [1.807, 2.05) is 67.8 Å². The van der Waals surface area contributed by atoms with Crippen LogP contribution in [0.15, 0.2) is 48.2 Å². The lowest BCUT2D eigenvalue weighted by molar-refractivity contribution is -0.140. The number of aromatic nitrogens is 2. The van der Waals surface area contributed by atoms with Crippen molar-refractivity contribution in [2.24, 2.45) is 0 Å². The Morgan fingerprint density at radius 3 is 2.66 bits per heavy atom. The molecule has 9 heteroatoms. The number of ketones is 1. The Morgan fingerprint density at radius 2 is 1.92 bits per heavy atom.